The van der Waals surface area contributed by atoms with Crippen molar-refractivity contribution in [2.75, 3.05) is 27.4 Å². The van der Waals surface area contributed by atoms with Gasteiger partial charge in [-0.2, -0.15) is 4.99 Å². The van der Waals surface area contributed by atoms with Gasteiger partial charge in [0.2, 0.25) is 0 Å². The van der Waals surface area contributed by atoms with E-state index in [9.17, 15) is 4.79 Å². The number of methoxy groups -OCH3 is 2. The highest BCUT2D eigenvalue weighted by Crippen LogP contribution is 2.33. The second-order valence-corrected chi connectivity index (χ2v) is 7.77. The molecule has 6 nitrogen and oxygen atoms in total. The number of amides is 1. The molecular weight excluding hydrogens is 400 g/mol. The fourth-order valence-electron chi connectivity index (χ4n) is 3.21. The summed E-state index contributed by atoms with van der Waals surface area (Å²) in [6, 6.07) is 11.9. The number of hydrogen-bond donors (Lipinski definition) is 0. The minimum absolute atomic E-state index is 0.171. The number of rotatable bonds is 9. The van der Waals surface area contributed by atoms with E-state index in [2.05, 4.69) is 24.0 Å². The molecule has 0 N–H and O–H groups in total. The normalized spacial score (nSPS) is 11.8. The summed E-state index contributed by atoms with van der Waals surface area (Å²) in [6.07, 6.45) is 1.25. The van der Waals surface area contributed by atoms with Crippen LogP contribution in [0.25, 0.3) is 10.2 Å². The lowest BCUT2D eigenvalue weighted by Gasteiger charge is -2.09. The molecule has 3 rings (SSSR count). The number of thiazole rings is 1. The number of carbonyl (C=O) groups excluding carboxylic acids is 1. The van der Waals surface area contributed by atoms with Crippen molar-refractivity contribution in [3.8, 4) is 11.5 Å². The summed E-state index contributed by atoms with van der Waals surface area (Å²) < 4.78 is 19.4. The Balaban J connectivity index is 1.98. The van der Waals surface area contributed by atoms with Gasteiger partial charge in [-0.25, -0.2) is 0 Å². The Hall–Kier alpha value is -2.64. The summed E-state index contributed by atoms with van der Waals surface area (Å²) in [5, 5.41) is 0. The lowest BCUT2D eigenvalue weighted by molar-refractivity contribution is -0.117. The van der Waals surface area contributed by atoms with Crippen LogP contribution in [0.15, 0.2) is 41.4 Å². The van der Waals surface area contributed by atoms with Crippen molar-refractivity contribution < 1.29 is 19.0 Å². The number of benzene rings is 2. The van der Waals surface area contributed by atoms with Gasteiger partial charge in [-0.05, 0) is 24.5 Å². The minimum atomic E-state index is -0.171. The summed E-state index contributed by atoms with van der Waals surface area (Å²) in [7, 11) is 3.22. The molecule has 160 valence electrons. The summed E-state index contributed by atoms with van der Waals surface area (Å²) in [5.74, 6) is 1.12. The van der Waals surface area contributed by atoms with E-state index in [-0.39, 0.29) is 12.3 Å². The highest BCUT2D eigenvalue weighted by molar-refractivity contribution is 7.16. The topological polar surface area (TPSA) is 62.1 Å². The molecule has 3 aromatic rings. The smallest absolute Gasteiger partial charge is 0.252 e. The number of nitrogens with zero attached hydrogens (tertiary/aromatic N) is 2. The first kappa shape index (κ1) is 22.1. The highest BCUT2D eigenvalue weighted by Gasteiger charge is 2.13. The molecule has 0 saturated heterocycles. The number of carbonyl (C=O) groups is 1. The fraction of sp³-hybridized carbons (Fsp3) is 0.391. The molecule has 0 aliphatic carbocycles. The maximum Gasteiger partial charge on any atom is 0.252 e. The monoisotopic (exact) mass is 428 g/mol. The summed E-state index contributed by atoms with van der Waals surface area (Å²) in [5.41, 5.74) is 3.16. The quantitative estimate of drug-likeness (QED) is 0.484. The van der Waals surface area contributed by atoms with Gasteiger partial charge in [-0.1, -0.05) is 42.5 Å². The third-order valence-corrected chi connectivity index (χ3v) is 5.90. The van der Waals surface area contributed by atoms with E-state index in [0.717, 1.165) is 22.2 Å². The molecule has 0 atom stereocenters. The van der Waals surface area contributed by atoms with Crippen LogP contribution in [-0.4, -0.2) is 37.9 Å². The average Bonchev–Trinajstić information content (AvgIpc) is 3.09. The Morgan fingerprint density at radius 2 is 1.70 bits per heavy atom. The van der Waals surface area contributed by atoms with Gasteiger partial charge in [-0.15, -0.1) is 0 Å². The fourth-order valence-corrected chi connectivity index (χ4v) is 4.30. The zero-order chi connectivity index (χ0) is 21.5. The van der Waals surface area contributed by atoms with Crippen LogP contribution in [-0.2, 0) is 28.9 Å². The van der Waals surface area contributed by atoms with Gasteiger partial charge in [0.05, 0.1) is 37.5 Å². The van der Waals surface area contributed by atoms with Crippen molar-refractivity contribution in [3.05, 3.63) is 52.3 Å². The molecule has 1 heterocycles. The first-order valence-corrected chi connectivity index (χ1v) is 10.9. The number of aryl methyl sites for hydroxylation is 1. The lowest BCUT2D eigenvalue weighted by Crippen LogP contribution is -2.20. The molecule has 0 aliphatic rings. The predicted molar refractivity (Wildman–Crippen MR) is 120 cm³/mol. The average molecular weight is 429 g/mol. The zero-order valence-electron chi connectivity index (χ0n) is 17.9. The van der Waals surface area contributed by atoms with E-state index in [1.54, 1.807) is 14.2 Å². The van der Waals surface area contributed by atoms with Gasteiger partial charge in [-0.3, -0.25) is 4.79 Å². The molecule has 7 heteroatoms. The van der Waals surface area contributed by atoms with Crippen LogP contribution in [0.5, 0.6) is 11.5 Å². The Labute approximate surface area is 180 Å². The van der Waals surface area contributed by atoms with Crippen LogP contribution < -0.4 is 14.3 Å². The van der Waals surface area contributed by atoms with E-state index in [1.165, 1.54) is 16.9 Å². The van der Waals surface area contributed by atoms with Crippen LogP contribution in [0.2, 0.25) is 0 Å². The van der Waals surface area contributed by atoms with Crippen molar-refractivity contribution in [2.45, 2.75) is 33.2 Å². The van der Waals surface area contributed by atoms with Gasteiger partial charge in [0.25, 0.3) is 5.91 Å². The van der Waals surface area contributed by atoms with E-state index < -0.39 is 0 Å². The largest absolute Gasteiger partial charge is 0.493 e. The molecule has 0 saturated carbocycles. The third-order valence-electron chi connectivity index (χ3n) is 4.86. The molecule has 1 aromatic heterocycles. The van der Waals surface area contributed by atoms with Crippen LogP contribution in [0.3, 0.4) is 0 Å². The maximum atomic E-state index is 12.7. The van der Waals surface area contributed by atoms with Crippen LogP contribution in [0.1, 0.15) is 25.0 Å². The van der Waals surface area contributed by atoms with E-state index >= 15 is 0 Å². The third kappa shape index (κ3) is 5.09. The molecule has 0 spiro atoms. The second kappa shape index (κ2) is 10.4. The minimum Gasteiger partial charge on any atom is -0.493 e. The number of hydrogen-bond acceptors (Lipinski definition) is 5. The molecule has 0 bridgehead atoms. The molecule has 0 unspecified atom stereocenters. The van der Waals surface area contributed by atoms with Crippen molar-refractivity contribution >= 4 is 27.5 Å². The van der Waals surface area contributed by atoms with Crippen LogP contribution in [0, 0.1) is 0 Å². The molecule has 30 heavy (non-hydrogen) atoms. The Morgan fingerprint density at radius 1 is 1.03 bits per heavy atom. The highest BCUT2D eigenvalue weighted by atomic mass is 32.1. The van der Waals surface area contributed by atoms with Gasteiger partial charge in [0, 0.05) is 25.3 Å². The molecule has 0 radical (unpaired) electrons. The molecule has 0 fully saturated rings. The molecular formula is C23H28N2O4S. The first-order valence-electron chi connectivity index (χ1n) is 10.1. The van der Waals surface area contributed by atoms with Crippen molar-refractivity contribution in [3.63, 3.8) is 0 Å². The summed E-state index contributed by atoms with van der Waals surface area (Å²) in [4.78, 5) is 17.8. The van der Waals surface area contributed by atoms with Gasteiger partial charge in [0.15, 0.2) is 16.3 Å². The van der Waals surface area contributed by atoms with Crippen molar-refractivity contribution in [1.29, 1.82) is 0 Å². The lowest BCUT2D eigenvalue weighted by atomic mass is 10.1. The Bertz CT molecular complexity index is 1070. The molecule has 1 amide bonds. The van der Waals surface area contributed by atoms with E-state index in [0.29, 0.717) is 36.1 Å². The van der Waals surface area contributed by atoms with Crippen molar-refractivity contribution in [1.82, 2.24) is 4.57 Å². The zero-order valence-corrected chi connectivity index (χ0v) is 18.8. The summed E-state index contributed by atoms with van der Waals surface area (Å²) >= 11 is 1.46. The Morgan fingerprint density at radius 3 is 2.33 bits per heavy atom. The maximum absolute atomic E-state index is 12.7. The predicted octanol–water partition coefficient (Wildman–Crippen LogP) is 3.99. The number of fused-ring (bicyclic) bond motifs is 1. The number of aromatic nitrogens is 1. The molecule has 0 aliphatic heterocycles. The summed E-state index contributed by atoms with van der Waals surface area (Å²) in [6.45, 7) is 5.85. The van der Waals surface area contributed by atoms with Crippen LogP contribution in [0.4, 0.5) is 0 Å². The first-order chi connectivity index (χ1) is 14.6. The number of ether oxygens (including phenoxy) is 3. The SMILES string of the molecule is CCOCCn1c(=NC(=O)Cc2ccc(CC)cc2)sc2cc(OC)c(OC)cc21. The van der Waals surface area contributed by atoms with Gasteiger partial charge < -0.3 is 18.8 Å². The van der Waals surface area contributed by atoms with Crippen molar-refractivity contribution in [2.24, 2.45) is 4.99 Å². The van der Waals surface area contributed by atoms with E-state index in [1.807, 2.05) is 35.8 Å². The van der Waals surface area contributed by atoms with Gasteiger partial charge in [0.1, 0.15) is 0 Å². The Kier molecular flexibility index (Phi) is 7.65. The van der Waals surface area contributed by atoms with Crippen LogP contribution >= 0.6 is 11.3 Å². The standard InChI is InChI=1S/C23H28N2O4S/c1-5-16-7-9-17(10-8-16)13-22(26)24-23-25(11-12-29-6-2)18-14-19(27-3)20(28-4)15-21(18)30-23/h7-10,14-15H,5-6,11-13H2,1-4H3. The van der Waals surface area contributed by atoms with Gasteiger partial charge >= 0.3 is 0 Å². The second-order valence-electron chi connectivity index (χ2n) is 6.76. The molecule has 2 aromatic carbocycles. The van der Waals surface area contributed by atoms with E-state index in [4.69, 9.17) is 14.2 Å².